The normalized spacial score (nSPS) is 11.2. The molecule has 3 nitrogen and oxygen atoms in total. The van der Waals surface area contributed by atoms with Gasteiger partial charge in [0.05, 0.1) is 16.6 Å². The van der Waals surface area contributed by atoms with Gasteiger partial charge in [-0.25, -0.2) is 9.37 Å². The van der Waals surface area contributed by atoms with Gasteiger partial charge in [-0.05, 0) is 49.7 Å². The number of anilines is 1. The largest absolute Gasteiger partial charge is 0.399 e. The monoisotopic (exact) mass is 269 g/mol. The topological polar surface area (TPSA) is 43.8 Å². The van der Waals surface area contributed by atoms with Crippen LogP contribution in [0, 0.1) is 12.7 Å². The summed E-state index contributed by atoms with van der Waals surface area (Å²) in [5.74, 6) is 0.318. The third kappa shape index (κ3) is 1.93. The smallest absolute Gasteiger partial charge is 0.144 e. The van der Waals surface area contributed by atoms with Gasteiger partial charge in [-0.3, -0.25) is 0 Å². The molecule has 3 aromatic rings. The highest BCUT2D eigenvalue weighted by Gasteiger charge is 2.15. The molecule has 20 heavy (non-hydrogen) atoms. The molecule has 1 heterocycles. The lowest BCUT2D eigenvalue weighted by molar-refractivity contribution is 0.628. The Kier molecular flexibility index (Phi) is 2.93. The number of hydrogen-bond donors (Lipinski definition) is 1. The minimum Gasteiger partial charge on any atom is -0.399 e. The molecule has 102 valence electrons. The van der Waals surface area contributed by atoms with Crippen molar-refractivity contribution in [2.75, 3.05) is 5.73 Å². The van der Waals surface area contributed by atoms with Gasteiger partial charge in [0.25, 0.3) is 0 Å². The van der Waals surface area contributed by atoms with Crippen molar-refractivity contribution < 1.29 is 4.39 Å². The first-order valence-corrected chi connectivity index (χ1v) is 6.62. The molecule has 0 radical (unpaired) electrons. The summed E-state index contributed by atoms with van der Waals surface area (Å²) < 4.78 is 16.1. The first-order chi connectivity index (χ1) is 9.60. The van der Waals surface area contributed by atoms with E-state index in [9.17, 15) is 4.39 Å². The molecule has 2 N–H and O–H groups in total. The Hall–Kier alpha value is -2.36. The zero-order chi connectivity index (χ0) is 14.3. The van der Waals surface area contributed by atoms with E-state index in [4.69, 9.17) is 5.73 Å². The molecule has 1 aromatic heterocycles. The predicted molar refractivity (Wildman–Crippen MR) is 80.0 cm³/mol. The van der Waals surface area contributed by atoms with E-state index in [1.54, 1.807) is 12.1 Å². The van der Waals surface area contributed by atoms with Gasteiger partial charge in [0, 0.05) is 12.2 Å². The lowest BCUT2D eigenvalue weighted by Gasteiger charge is -2.07. The Morgan fingerprint density at radius 1 is 1.20 bits per heavy atom. The number of nitrogens with two attached hydrogens (primary N) is 1. The van der Waals surface area contributed by atoms with Gasteiger partial charge in [-0.15, -0.1) is 0 Å². The van der Waals surface area contributed by atoms with E-state index >= 15 is 0 Å². The zero-order valence-corrected chi connectivity index (χ0v) is 11.5. The quantitative estimate of drug-likeness (QED) is 0.720. The van der Waals surface area contributed by atoms with Gasteiger partial charge >= 0.3 is 0 Å². The van der Waals surface area contributed by atoms with Crippen molar-refractivity contribution in [1.82, 2.24) is 9.55 Å². The fourth-order valence-electron chi connectivity index (χ4n) is 2.48. The van der Waals surface area contributed by atoms with E-state index in [1.807, 2.05) is 36.6 Å². The van der Waals surface area contributed by atoms with E-state index in [-0.39, 0.29) is 5.82 Å². The number of fused-ring (bicyclic) bond motifs is 1. The maximum Gasteiger partial charge on any atom is 0.144 e. The number of rotatable bonds is 2. The van der Waals surface area contributed by atoms with Crippen molar-refractivity contribution in [3.8, 4) is 11.4 Å². The molecule has 0 saturated carbocycles. The van der Waals surface area contributed by atoms with Crippen LogP contribution in [-0.4, -0.2) is 9.55 Å². The molecule has 0 bridgehead atoms. The fraction of sp³-hybridized carbons (Fsp3) is 0.188. The SMILES string of the molecule is CCn1c(-c2cc(N)ccc2F)nc2cc(C)ccc21. The molecule has 0 unspecified atom stereocenters. The third-order valence-electron chi connectivity index (χ3n) is 3.45. The molecule has 0 aliphatic rings. The summed E-state index contributed by atoms with van der Waals surface area (Å²) in [6, 6.07) is 10.6. The van der Waals surface area contributed by atoms with Gasteiger partial charge in [0.2, 0.25) is 0 Å². The van der Waals surface area contributed by atoms with Gasteiger partial charge in [0.1, 0.15) is 11.6 Å². The number of aromatic nitrogens is 2. The lowest BCUT2D eigenvalue weighted by atomic mass is 10.1. The summed E-state index contributed by atoms with van der Waals surface area (Å²) in [4.78, 5) is 4.58. The summed E-state index contributed by atoms with van der Waals surface area (Å²) in [5, 5.41) is 0. The van der Waals surface area contributed by atoms with Gasteiger partial charge in [-0.1, -0.05) is 6.07 Å². The summed E-state index contributed by atoms with van der Waals surface area (Å²) in [7, 11) is 0. The maximum absolute atomic E-state index is 14.1. The van der Waals surface area contributed by atoms with Gasteiger partial charge in [-0.2, -0.15) is 0 Å². The van der Waals surface area contributed by atoms with E-state index in [1.165, 1.54) is 6.07 Å². The van der Waals surface area contributed by atoms with Crippen LogP contribution in [0.5, 0.6) is 0 Å². The highest BCUT2D eigenvalue weighted by molar-refractivity contribution is 5.81. The molecular weight excluding hydrogens is 253 g/mol. The Morgan fingerprint density at radius 3 is 2.75 bits per heavy atom. The third-order valence-corrected chi connectivity index (χ3v) is 3.45. The maximum atomic E-state index is 14.1. The number of hydrogen-bond acceptors (Lipinski definition) is 2. The Morgan fingerprint density at radius 2 is 2.00 bits per heavy atom. The molecule has 3 rings (SSSR count). The summed E-state index contributed by atoms with van der Waals surface area (Å²) in [6.45, 7) is 4.77. The van der Waals surface area contributed by atoms with E-state index in [0.29, 0.717) is 17.1 Å². The summed E-state index contributed by atoms with van der Waals surface area (Å²) >= 11 is 0. The standard InChI is InChI=1S/C16H16FN3/c1-3-20-15-7-4-10(2)8-14(15)19-16(20)12-9-11(18)5-6-13(12)17/h4-9H,3,18H2,1-2H3. The second kappa shape index (κ2) is 4.63. The van der Waals surface area contributed by atoms with Crippen LogP contribution >= 0.6 is 0 Å². The average molecular weight is 269 g/mol. The first-order valence-electron chi connectivity index (χ1n) is 6.62. The van der Waals surface area contributed by atoms with Crippen LogP contribution in [-0.2, 0) is 6.54 Å². The fourth-order valence-corrected chi connectivity index (χ4v) is 2.48. The van der Waals surface area contributed by atoms with Crippen molar-refractivity contribution in [3.05, 3.63) is 47.8 Å². The van der Waals surface area contributed by atoms with E-state index < -0.39 is 0 Å². The molecule has 2 aromatic carbocycles. The Bertz CT molecular complexity index is 790. The van der Waals surface area contributed by atoms with Crippen molar-refractivity contribution in [2.45, 2.75) is 20.4 Å². The van der Waals surface area contributed by atoms with Crippen LogP contribution in [0.1, 0.15) is 12.5 Å². The average Bonchev–Trinajstić information content (AvgIpc) is 2.78. The lowest BCUT2D eigenvalue weighted by Crippen LogP contribution is -2.00. The summed E-state index contributed by atoms with van der Waals surface area (Å²) in [5.41, 5.74) is 9.78. The number of halogens is 1. The molecule has 0 aliphatic heterocycles. The highest BCUT2D eigenvalue weighted by atomic mass is 19.1. The number of aryl methyl sites for hydroxylation is 2. The van der Waals surface area contributed by atoms with Crippen LogP contribution in [0.4, 0.5) is 10.1 Å². The number of benzene rings is 2. The zero-order valence-electron chi connectivity index (χ0n) is 11.5. The Labute approximate surface area is 116 Å². The van der Waals surface area contributed by atoms with Crippen LogP contribution in [0.3, 0.4) is 0 Å². The van der Waals surface area contributed by atoms with Gasteiger partial charge in [0.15, 0.2) is 0 Å². The van der Waals surface area contributed by atoms with E-state index in [0.717, 1.165) is 23.1 Å². The minimum absolute atomic E-state index is 0.305. The van der Waals surface area contributed by atoms with Crippen molar-refractivity contribution in [2.24, 2.45) is 0 Å². The number of imidazole rings is 1. The number of nitrogen functional groups attached to an aromatic ring is 1. The highest BCUT2D eigenvalue weighted by Crippen LogP contribution is 2.28. The molecule has 0 amide bonds. The first kappa shape index (κ1) is 12.7. The van der Waals surface area contributed by atoms with Crippen LogP contribution in [0.2, 0.25) is 0 Å². The predicted octanol–water partition coefficient (Wildman–Crippen LogP) is 3.75. The molecule has 0 aliphatic carbocycles. The van der Waals surface area contributed by atoms with Crippen molar-refractivity contribution >= 4 is 16.7 Å². The molecular formula is C16H16FN3. The molecule has 0 spiro atoms. The summed E-state index contributed by atoms with van der Waals surface area (Å²) in [6.07, 6.45) is 0. The molecule has 0 saturated heterocycles. The number of nitrogens with zero attached hydrogens (tertiary/aromatic N) is 2. The van der Waals surface area contributed by atoms with Crippen LogP contribution < -0.4 is 5.73 Å². The Balaban J connectivity index is 2.32. The van der Waals surface area contributed by atoms with Crippen molar-refractivity contribution in [1.29, 1.82) is 0 Å². The molecule has 0 atom stereocenters. The van der Waals surface area contributed by atoms with Gasteiger partial charge < -0.3 is 10.3 Å². The molecule has 0 fully saturated rings. The minimum atomic E-state index is -0.305. The van der Waals surface area contributed by atoms with Crippen molar-refractivity contribution in [3.63, 3.8) is 0 Å². The second-order valence-electron chi connectivity index (χ2n) is 4.91. The second-order valence-corrected chi connectivity index (χ2v) is 4.91. The van der Waals surface area contributed by atoms with Crippen LogP contribution in [0.15, 0.2) is 36.4 Å². The molecule has 4 heteroatoms. The van der Waals surface area contributed by atoms with Crippen LogP contribution in [0.25, 0.3) is 22.4 Å². The van der Waals surface area contributed by atoms with E-state index in [2.05, 4.69) is 4.98 Å².